The molecule has 1 aromatic carbocycles. The molecular formula is C18H16N4OS2. The van der Waals surface area contributed by atoms with E-state index in [0.717, 1.165) is 32.4 Å². The van der Waals surface area contributed by atoms with Crippen LogP contribution in [0.1, 0.15) is 21.2 Å². The zero-order valence-corrected chi connectivity index (χ0v) is 15.2. The standard InChI is InChI=1S/C18H16N4OS2/c1-11-16(25-18(20-11)14-7-4-10-24-14)17(23)19-9-8-15-21-12-5-2-3-6-13(12)22-15/h2-7,10H,8-9H2,1H3,(H,19,23)(H,21,22). The maximum atomic E-state index is 12.4. The number of rotatable bonds is 5. The van der Waals surface area contributed by atoms with Crippen molar-refractivity contribution in [2.45, 2.75) is 13.3 Å². The number of aromatic nitrogens is 3. The molecule has 4 rings (SSSR count). The lowest BCUT2D eigenvalue weighted by atomic mass is 10.3. The second kappa shape index (κ2) is 6.78. The summed E-state index contributed by atoms with van der Waals surface area (Å²) < 4.78 is 0. The highest BCUT2D eigenvalue weighted by Gasteiger charge is 2.16. The van der Waals surface area contributed by atoms with E-state index in [1.165, 1.54) is 11.3 Å². The zero-order valence-electron chi connectivity index (χ0n) is 13.6. The number of hydrogen-bond donors (Lipinski definition) is 2. The molecule has 126 valence electrons. The second-order valence-electron chi connectivity index (χ2n) is 5.62. The number of aromatic amines is 1. The van der Waals surface area contributed by atoms with Gasteiger partial charge in [-0.15, -0.1) is 22.7 Å². The Morgan fingerprint density at radius 2 is 2.08 bits per heavy atom. The molecule has 25 heavy (non-hydrogen) atoms. The fourth-order valence-electron chi connectivity index (χ4n) is 2.61. The van der Waals surface area contributed by atoms with E-state index in [0.29, 0.717) is 17.8 Å². The molecule has 0 unspecified atom stereocenters. The second-order valence-corrected chi connectivity index (χ2v) is 7.56. The fourth-order valence-corrected chi connectivity index (χ4v) is 4.39. The molecule has 3 heterocycles. The molecule has 0 atom stereocenters. The summed E-state index contributed by atoms with van der Waals surface area (Å²) in [6.45, 7) is 2.41. The number of nitrogens with zero attached hydrogens (tertiary/aromatic N) is 2. The van der Waals surface area contributed by atoms with Crippen LogP contribution in [0.5, 0.6) is 0 Å². The molecule has 0 aliphatic rings. The summed E-state index contributed by atoms with van der Waals surface area (Å²) in [6.07, 6.45) is 0.663. The molecule has 0 fully saturated rings. The summed E-state index contributed by atoms with van der Waals surface area (Å²) in [6, 6.07) is 11.9. The lowest BCUT2D eigenvalue weighted by molar-refractivity contribution is 0.0957. The van der Waals surface area contributed by atoms with Crippen molar-refractivity contribution in [2.24, 2.45) is 0 Å². The van der Waals surface area contributed by atoms with Gasteiger partial charge in [0.1, 0.15) is 15.7 Å². The minimum absolute atomic E-state index is 0.0751. The Hall–Kier alpha value is -2.51. The molecule has 0 radical (unpaired) electrons. The van der Waals surface area contributed by atoms with Gasteiger partial charge in [0.05, 0.1) is 21.6 Å². The maximum absolute atomic E-state index is 12.4. The van der Waals surface area contributed by atoms with Crippen LogP contribution in [0.25, 0.3) is 20.9 Å². The van der Waals surface area contributed by atoms with Crippen LogP contribution >= 0.6 is 22.7 Å². The number of H-pyrrole nitrogens is 1. The van der Waals surface area contributed by atoms with E-state index < -0.39 is 0 Å². The SMILES string of the molecule is Cc1nc(-c2cccs2)sc1C(=O)NCCc1nc2ccccc2[nH]1. The number of benzene rings is 1. The van der Waals surface area contributed by atoms with Gasteiger partial charge in [0, 0.05) is 13.0 Å². The van der Waals surface area contributed by atoms with E-state index in [-0.39, 0.29) is 5.91 Å². The van der Waals surface area contributed by atoms with Crippen molar-refractivity contribution in [1.82, 2.24) is 20.3 Å². The average Bonchev–Trinajstić information content (AvgIpc) is 3.33. The monoisotopic (exact) mass is 368 g/mol. The lowest BCUT2D eigenvalue weighted by Gasteiger charge is -2.02. The van der Waals surface area contributed by atoms with Gasteiger partial charge in [-0.3, -0.25) is 4.79 Å². The van der Waals surface area contributed by atoms with Gasteiger partial charge in [0.25, 0.3) is 5.91 Å². The van der Waals surface area contributed by atoms with Crippen LogP contribution in [-0.2, 0) is 6.42 Å². The highest BCUT2D eigenvalue weighted by atomic mass is 32.1. The number of nitrogens with one attached hydrogen (secondary N) is 2. The Kier molecular flexibility index (Phi) is 4.33. The normalized spacial score (nSPS) is 11.1. The van der Waals surface area contributed by atoms with Crippen LogP contribution in [0.3, 0.4) is 0 Å². The van der Waals surface area contributed by atoms with Crippen molar-refractivity contribution < 1.29 is 4.79 Å². The van der Waals surface area contributed by atoms with Gasteiger partial charge in [-0.1, -0.05) is 18.2 Å². The highest BCUT2D eigenvalue weighted by Crippen LogP contribution is 2.30. The summed E-state index contributed by atoms with van der Waals surface area (Å²) in [7, 11) is 0. The average molecular weight is 368 g/mol. The van der Waals surface area contributed by atoms with Crippen molar-refractivity contribution in [3.8, 4) is 9.88 Å². The number of amides is 1. The number of carbonyl (C=O) groups is 1. The quantitative estimate of drug-likeness (QED) is 0.559. The summed E-state index contributed by atoms with van der Waals surface area (Å²) in [5.74, 6) is 0.802. The Morgan fingerprint density at radius 1 is 1.20 bits per heavy atom. The fraction of sp³-hybridized carbons (Fsp3) is 0.167. The summed E-state index contributed by atoms with van der Waals surface area (Å²) in [5.41, 5.74) is 2.74. The molecule has 4 aromatic rings. The predicted octanol–water partition coefficient (Wildman–Crippen LogP) is 4.03. The van der Waals surface area contributed by atoms with E-state index in [2.05, 4.69) is 20.3 Å². The molecule has 0 aliphatic carbocycles. The molecule has 5 nitrogen and oxygen atoms in total. The Balaban J connectivity index is 1.40. The summed E-state index contributed by atoms with van der Waals surface area (Å²) in [5, 5.41) is 5.88. The molecule has 0 bridgehead atoms. The summed E-state index contributed by atoms with van der Waals surface area (Å²) in [4.78, 5) is 26.5. The van der Waals surface area contributed by atoms with E-state index in [9.17, 15) is 4.79 Å². The van der Waals surface area contributed by atoms with Gasteiger partial charge < -0.3 is 10.3 Å². The number of para-hydroxylation sites is 2. The first-order valence-corrected chi connectivity index (χ1v) is 9.63. The third-order valence-corrected chi connectivity index (χ3v) is 6.02. The molecule has 7 heteroatoms. The van der Waals surface area contributed by atoms with Crippen molar-refractivity contribution >= 4 is 39.6 Å². The van der Waals surface area contributed by atoms with Crippen molar-refractivity contribution in [2.75, 3.05) is 6.54 Å². The van der Waals surface area contributed by atoms with Crippen LogP contribution in [0.2, 0.25) is 0 Å². The number of hydrogen-bond acceptors (Lipinski definition) is 5. The van der Waals surface area contributed by atoms with Gasteiger partial charge in [-0.05, 0) is 30.5 Å². The smallest absolute Gasteiger partial charge is 0.263 e. The predicted molar refractivity (Wildman–Crippen MR) is 102 cm³/mol. The number of fused-ring (bicyclic) bond motifs is 1. The van der Waals surface area contributed by atoms with E-state index in [1.807, 2.05) is 48.7 Å². The minimum atomic E-state index is -0.0751. The van der Waals surface area contributed by atoms with Gasteiger partial charge in [0.15, 0.2) is 0 Å². The molecule has 0 spiro atoms. The zero-order chi connectivity index (χ0) is 17.2. The first-order chi connectivity index (χ1) is 12.2. The van der Waals surface area contributed by atoms with Crippen LogP contribution in [0.15, 0.2) is 41.8 Å². The van der Waals surface area contributed by atoms with E-state index >= 15 is 0 Å². The Morgan fingerprint density at radius 3 is 2.88 bits per heavy atom. The Labute approximate surface area is 152 Å². The number of aryl methyl sites for hydroxylation is 1. The number of thiophene rings is 1. The van der Waals surface area contributed by atoms with Crippen LogP contribution < -0.4 is 5.32 Å². The molecular weight excluding hydrogens is 352 g/mol. The van der Waals surface area contributed by atoms with Gasteiger partial charge in [0.2, 0.25) is 0 Å². The van der Waals surface area contributed by atoms with Gasteiger partial charge in [-0.25, -0.2) is 9.97 Å². The van der Waals surface area contributed by atoms with Gasteiger partial charge in [-0.2, -0.15) is 0 Å². The summed E-state index contributed by atoms with van der Waals surface area (Å²) >= 11 is 3.07. The molecule has 0 saturated carbocycles. The lowest BCUT2D eigenvalue weighted by Crippen LogP contribution is -2.25. The van der Waals surface area contributed by atoms with E-state index in [1.54, 1.807) is 11.3 Å². The van der Waals surface area contributed by atoms with Crippen molar-refractivity contribution in [3.63, 3.8) is 0 Å². The minimum Gasteiger partial charge on any atom is -0.351 e. The third-order valence-electron chi connectivity index (χ3n) is 3.82. The van der Waals surface area contributed by atoms with Crippen molar-refractivity contribution in [1.29, 1.82) is 0 Å². The largest absolute Gasteiger partial charge is 0.351 e. The Bertz CT molecular complexity index is 984. The van der Waals surface area contributed by atoms with Gasteiger partial charge >= 0.3 is 0 Å². The molecule has 1 amide bonds. The van der Waals surface area contributed by atoms with E-state index in [4.69, 9.17) is 0 Å². The highest BCUT2D eigenvalue weighted by molar-refractivity contribution is 7.22. The van der Waals surface area contributed by atoms with Crippen LogP contribution in [0.4, 0.5) is 0 Å². The van der Waals surface area contributed by atoms with Crippen LogP contribution in [-0.4, -0.2) is 27.4 Å². The van der Waals surface area contributed by atoms with Crippen LogP contribution in [0, 0.1) is 6.92 Å². The molecule has 0 aliphatic heterocycles. The number of carbonyl (C=O) groups excluding carboxylic acids is 1. The number of imidazole rings is 1. The first kappa shape index (κ1) is 16.0. The number of thiazole rings is 1. The first-order valence-electron chi connectivity index (χ1n) is 7.94. The molecule has 2 N–H and O–H groups in total. The maximum Gasteiger partial charge on any atom is 0.263 e. The topological polar surface area (TPSA) is 70.7 Å². The molecule has 0 saturated heterocycles. The third kappa shape index (κ3) is 3.33. The van der Waals surface area contributed by atoms with Crippen molar-refractivity contribution in [3.05, 3.63) is 58.2 Å². The molecule has 3 aromatic heterocycles.